The number of aryl methyl sites for hydroxylation is 1. The van der Waals surface area contributed by atoms with Crippen molar-refractivity contribution in [2.24, 2.45) is 0 Å². The normalized spacial score (nSPS) is 11.4. The summed E-state index contributed by atoms with van der Waals surface area (Å²) in [5, 5.41) is 11.7. The van der Waals surface area contributed by atoms with Gasteiger partial charge in [-0.25, -0.2) is 14.6 Å². The molecule has 124 valence electrons. The van der Waals surface area contributed by atoms with Gasteiger partial charge in [0.15, 0.2) is 0 Å². The number of aromatic nitrogens is 2. The minimum Gasteiger partial charge on any atom is -0.478 e. The van der Waals surface area contributed by atoms with Crippen molar-refractivity contribution in [2.75, 3.05) is 6.54 Å². The van der Waals surface area contributed by atoms with Gasteiger partial charge in [-0.1, -0.05) is 0 Å². The molecule has 0 aliphatic heterocycles. The Morgan fingerprint density at radius 3 is 2.74 bits per heavy atom. The van der Waals surface area contributed by atoms with E-state index in [0.29, 0.717) is 24.9 Å². The van der Waals surface area contributed by atoms with E-state index in [1.54, 1.807) is 12.1 Å². The number of hydrogen-bond acceptors (Lipinski definition) is 4. The fourth-order valence-electron chi connectivity index (χ4n) is 2.07. The first-order chi connectivity index (χ1) is 10.7. The number of carbonyl (C=O) groups is 2. The molecule has 1 aromatic carbocycles. The van der Waals surface area contributed by atoms with Crippen LogP contribution in [0.1, 0.15) is 43.4 Å². The lowest BCUT2D eigenvalue weighted by Crippen LogP contribution is -2.33. The fourth-order valence-corrected chi connectivity index (χ4v) is 2.07. The number of alkyl carbamates (subject to hydrolysis) is 1. The highest BCUT2D eigenvalue weighted by atomic mass is 16.6. The molecular formula is C16H21N3O4. The molecule has 0 atom stereocenters. The standard InChI is InChI=1S/C16H21N3O4/c1-16(2,3)23-15(22)17-8-4-5-13-18-11-7-6-10(14(20)21)9-12(11)19-13/h6-7,9H,4-5,8H2,1-3H3,(H,17,22)(H,18,19)(H,20,21). The largest absolute Gasteiger partial charge is 0.478 e. The summed E-state index contributed by atoms with van der Waals surface area (Å²) in [5.74, 6) is -0.210. The average Bonchev–Trinajstić information content (AvgIpc) is 2.83. The number of H-pyrrole nitrogens is 1. The Morgan fingerprint density at radius 1 is 1.35 bits per heavy atom. The van der Waals surface area contributed by atoms with Crippen LogP contribution >= 0.6 is 0 Å². The lowest BCUT2D eigenvalue weighted by Gasteiger charge is -2.19. The third-order valence-corrected chi connectivity index (χ3v) is 3.04. The van der Waals surface area contributed by atoms with Gasteiger partial charge in [-0.2, -0.15) is 0 Å². The Hall–Kier alpha value is -2.57. The summed E-state index contributed by atoms with van der Waals surface area (Å²) in [6, 6.07) is 4.77. The predicted octanol–water partition coefficient (Wildman–Crippen LogP) is 2.72. The molecule has 0 radical (unpaired) electrons. The van der Waals surface area contributed by atoms with Gasteiger partial charge in [0, 0.05) is 13.0 Å². The highest BCUT2D eigenvalue weighted by molar-refractivity contribution is 5.92. The number of ether oxygens (including phenoxy) is 1. The van der Waals surface area contributed by atoms with Crippen molar-refractivity contribution in [2.45, 2.75) is 39.2 Å². The van der Waals surface area contributed by atoms with E-state index in [9.17, 15) is 9.59 Å². The molecule has 7 nitrogen and oxygen atoms in total. The molecule has 0 spiro atoms. The van der Waals surface area contributed by atoms with E-state index in [1.807, 2.05) is 20.8 Å². The van der Waals surface area contributed by atoms with Crippen LogP contribution in [-0.2, 0) is 11.2 Å². The number of carboxylic acids is 1. The van der Waals surface area contributed by atoms with E-state index in [4.69, 9.17) is 9.84 Å². The Balaban J connectivity index is 1.85. The maximum absolute atomic E-state index is 11.5. The molecule has 1 heterocycles. The first-order valence-corrected chi connectivity index (χ1v) is 7.43. The van der Waals surface area contributed by atoms with Gasteiger partial charge in [-0.3, -0.25) is 0 Å². The van der Waals surface area contributed by atoms with Gasteiger partial charge in [0.05, 0.1) is 16.6 Å². The molecule has 1 amide bonds. The van der Waals surface area contributed by atoms with Crippen LogP contribution in [0.3, 0.4) is 0 Å². The number of amides is 1. The Bertz CT molecular complexity index is 716. The van der Waals surface area contributed by atoms with Gasteiger partial charge in [0.1, 0.15) is 11.4 Å². The number of imidazole rings is 1. The van der Waals surface area contributed by atoms with Crippen molar-refractivity contribution >= 4 is 23.1 Å². The van der Waals surface area contributed by atoms with Gasteiger partial charge < -0.3 is 20.1 Å². The van der Waals surface area contributed by atoms with Crippen LogP contribution in [0, 0.1) is 0 Å². The van der Waals surface area contributed by atoms with Gasteiger partial charge >= 0.3 is 12.1 Å². The number of aromatic carboxylic acids is 1. The quantitative estimate of drug-likeness (QED) is 0.735. The maximum Gasteiger partial charge on any atom is 0.407 e. The number of fused-ring (bicyclic) bond motifs is 1. The molecule has 3 N–H and O–H groups in total. The van der Waals surface area contributed by atoms with Gasteiger partial charge in [-0.15, -0.1) is 0 Å². The number of nitrogens with one attached hydrogen (secondary N) is 2. The number of nitrogens with zero attached hydrogens (tertiary/aromatic N) is 1. The lowest BCUT2D eigenvalue weighted by atomic mass is 10.2. The van der Waals surface area contributed by atoms with Crippen LogP contribution in [0.15, 0.2) is 18.2 Å². The Morgan fingerprint density at radius 2 is 2.09 bits per heavy atom. The summed E-state index contributed by atoms with van der Waals surface area (Å²) in [7, 11) is 0. The van der Waals surface area contributed by atoms with Crippen molar-refractivity contribution < 1.29 is 19.4 Å². The minimum absolute atomic E-state index is 0.222. The first-order valence-electron chi connectivity index (χ1n) is 7.43. The summed E-state index contributed by atoms with van der Waals surface area (Å²) >= 11 is 0. The zero-order valence-corrected chi connectivity index (χ0v) is 13.5. The molecule has 0 saturated heterocycles. The number of carbonyl (C=O) groups excluding carboxylic acids is 1. The molecule has 0 aliphatic carbocycles. The minimum atomic E-state index is -0.968. The molecule has 0 bridgehead atoms. The van der Waals surface area contributed by atoms with Crippen LogP contribution in [0.2, 0.25) is 0 Å². The number of hydrogen-bond donors (Lipinski definition) is 3. The molecule has 0 unspecified atom stereocenters. The average molecular weight is 319 g/mol. The van der Waals surface area contributed by atoms with Crippen molar-refractivity contribution in [1.29, 1.82) is 0 Å². The zero-order valence-electron chi connectivity index (χ0n) is 13.5. The van der Waals surface area contributed by atoms with Crippen molar-refractivity contribution in [1.82, 2.24) is 15.3 Å². The zero-order chi connectivity index (χ0) is 17.0. The Kier molecular flexibility index (Phi) is 4.88. The molecule has 0 saturated carbocycles. The lowest BCUT2D eigenvalue weighted by molar-refractivity contribution is 0.0526. The summed E-state index contributed by atoms with van der Waals surface area (Å²) in [6.07, 6.45) is 0.908. The van der Waals surface area contributed by atoms with Crippen molar-refractivity contribution in [3.63, 3.8) is 0 Å². The maximum atomic E-state index is 11.5. The smallest absolute Gasteiger partial charge is 0.407 e. The summed E-state index contributed by atoms with van der Waals surface area (Å²) in [6.45, 7) is 5.91. The SMILES string of the molecule is CC(C)(C)OC(=O)NCCCc1nc2ccc(C(=O)O)cc2[nH]1. The molecular weight excluding hydrogens is 298 g/mol. The number of benzene rings is 1. The summed E-state index contributed by atoms with van der Waals surface area (Å²) in [5.41, 5.74) is 1.13. The molecule has 2 aromatic rings. The summed E-state index contributed by atoms with van der Waals surface area (Å²) in [4.78, 5) is 29.9. The molecule has 7 heteroatoms. The van der Waals surface area contributed by atoms with Crippen LogP contribution in [-0.4, -0.2) is 39.3 Å². The number of rotatable bonds is 5. The first kappa shape index (κ1) is 16.8. The van der Waals surface area contributed by atoms with Crippen molar-refractivity contribution in [3.05, 3.63) is 29.6 Å². The fraction of sp³-hybridized carbons (Fsp3) is 0.438. The van der Waals surface area contributed by atoms with Crippen LogP contribution in [0.5, 0.6) is 0 Å². The topological polar surface area (TPSA) is 104 Å². The van der Waals surface area contributed by atoms with E-state index >= 15 is 0 Å². The Labute approximate surface area is 134 Å². The second kappa shape index (κ2) is 6.68. The molecule has 0 fully saturated rings. The van der Waals surface area contributed by atoms with Gasteiger partial charge in [0.2, 0.25) is 0 Å². The highest BCUT2D eigenvalue weighted by Gasteiger charge is 2.15. The number of aromatic amines is 1. The second-order valence-electron chi connectivity index (χ2n) is 6.25. The molecule has 23 heavy (non-hydrogen) atoms. The number of carboxylic acid groups (broad SMARTS) is 1. The van der Waals surface area contributed by atoms with Gasteiger partial charge in [0.25, 0.3) is 0 Å². The third-order valence-electron chi connectivity index (χ3n) is 3.04. The van der Waals surface area contributed by atoms with Crippen molar-refractivity contribution in [3.8, 4) is 0 Å². The second-order valence-corrected chi connectivity index (χ2v) is 6.25. The van der Waals surface area contributed by atoms with E-state index in [1.165, 1.54) is 6.07 Å². The monoisotopic (exact) mass is 319 g/mol. The molecule has 0 aliphatic rings. The summed E-state index contributed by atoms with van der Waals surface area (Å²) < 4.78 is 5.14. The van der Waals surface area contributed by atoms with Crippen LogP contribution in [0.4, 0.5) is 4.79 Å². The van der Waals surface area contributed by atoms with Crippen LogP contribution < -0.4 is 5.32 Å². The van der Waals surface area contributed by atoms with E-state index in [0.717, 1.165) is 11.3 Å². The molecule has 2 rings (SSSR count). The predicted molar refractivity (Wildman–Crippen MR) is 85.6 cm³/mol. The van der Waals surface area contributed by atoms with E-state index in [2.05, 4.69) is 15.3 Å². The highest BCUT2D eigenvalue weighted by Crippen LogP contribution is 2.14. The van der Waals surface area contributed by atoms with E-state index < -0.39 is 17.7 Å². The molecule has 1 aromatic heterocycles. The van der Waals surface area contributed by atoms with Crippen LogP contribution in [0.25, 0.3) is 11.0 Å². The van der Waals surface area contributed by atoms with Gasteiger partial charge in [-0.05, 0) is 45.4 Å². The third kappa shape index (κ3) is 4.98. The van der Waals surface area contributed by atoms with E-state index in [-0.39, 0.29) is 5.56 Å².